The van der Waals surface area contributed by atoms with Gasteiger partial charge in [-0.05, 0) is 18.8 Å². The molecule has 0 aromatic carbocycles. The van der Waals surface area contributed by atoms with E-state index in [0.717, 1.165) is 12.8 Å². The summed E-state index contributed by atoms with van der Waals surface area (Å²) in [6, 6.07) is 0. The van der Waals surface area contributed by atoms with E-state index in [1.807, 2.05) is 0 Å². The van der Waals surface area contributed by atoms with Gasteiger partial charge in [-0.25, -0.2) is 0 Å². The minimum atomic E-state index is -0.673. The van der Waals surface area contributed by atoms with Gasteiger partial charge in [0.05, 0.1) is 4.92 Å². The van der Waals surface area contributed by atoms with E-state index in [-0.39, 0.29) is 11.0 Å². The number of nitro groups is 1. The molecule has 1 aliphatic carbocycles. The van der Waals surface area contributed by atoms with Crippen molar-refractivity contribution in [2.75, 3.05) is 0 Å². The molecule has 0 spiro atoms. The summed E-state index contributed by atoms with van der Waals surface area (Å²) in [6.07, 6.45) is 5.23. The van der Waals surface area contributed by atoms with Crippen molar-refractivity contribution in [3.05, 3.63) is 10.1 Å². The molecule has 68 valence electrons. The van der Waals surface area contributed by atoms with Gasteiger partial charge in [0.1, 0.15) is 0 Å². The van der Waals surface area contributed by atoms with E-state index in [9.17, 15) is 10.1 Å². The molecular weight excluding hydrogens is 158 g/mol. The third-order valence-corrected chi connectivity index (χ3v) is 2.82. The molecule has 0 radical (unpaired) electrons. The van der Waals surface area contributed by atoms with Crippen LogP contribution in [-0.2, 0) is 4.74 Å². The van der Waals surface area contributed by atoms with Crippen LogP contribution in [0.1, 0.15) is 32.1 Å². The van der Waals surface area contributed by atoms with E-state index < -0.39 is 6.23 Å². The van der Waals surface area contributed by atoms with Gasteiger partial charge in [-0.3, -0.25) is 10.1 Å². The average Bonchev–Trinajstić information content (AvgIpc) is 2.84. The lowest BCUT2D eigenvalue weighted by Crippen LogP contribution is -2.17. The Labute approximate surface area is 71.0 Å². The molecule has 1 saturated carbocycles. The summed E-state index contributed by atoms with van der Waals surface area (Å²) in [5.74, 6) is 0.467. The van der Waals surface area contributed by atoms with E-state index in [1.54, 1.807) is 0 Å². The van der Waals surface area contributed by atoms with Crippen LogP contribution < -0.4 is 0 Å². The van der Waals surface area contributed by atoms with Gasteiger partial charge in [-0.15, -0.1) is 0 Å². The lowest BCUT2D eigenvalue weighted by molar-refractivity contribution is -0.516. The molecule has 0 bridgehead atoms. The summed E-state index contributed by atoms with van der Waals surface area (Å²) in [5, 5.41) is 10.3. The number of rotatable bonds is 2. The molecule has 0 aromatic rings. The summed E-state index contributed by atoms with van der Waals surface area (Å²) in [4.78, 5) is 9.99. The van der Waals surface area contributed by atoms with E-state index in [2.05, 4.69) is 0 Å². The Hall–Kier alpha value is -0.640. The second kappa shape index (κ2) is 3.01. The van der Waals surface area contributed by atoms with Crippen LogP contribution in [0.5, 0.6) is 0 Å². The summed E-state index contributed by atoms with van der Waals surface area (Å²) in [5.41, 5.74) is 0. The van der Waals surface area contributed by atoms with Gasteiger partial charge in [-0.1, -0.05) is 19.3 Å². The van der Waals surface area contributed by atoms with Crippen LogP contribution in [0.25, 0.3) is 0 Å². The van der Waals surface area contributed by atoms with Crippen molar-refractivity contribution in [2.24, 2.45) is 5.92 Å². The highest BCUT2D eigenvalue weighted by atomic mass is 16.7. The minimum absolute atomic E-state index is 0.0553. The maximum Gasteiger partial charge on any atom is 0.342 e. The smallest absolute Gasteiger partial charge is 0.301 e. The van der Waals surface area contributed by atoms with Gasteiger partial charge in [0.15, 0.2) is 6.10 Å². The third-order valence-electron chi connectivity index (χ3n) is 2.82. The minimum Gasteiger partial charge on any atom is -0.301 e. The Morgan fingerprint density at radius 1 is 1.25 bits per heavy atom. The number of epoxide rings is 1. The zero-order valence-electron chi connectivity index (χ0n) is 6.94. The predicted molar refractivity (Wildman–Crippen MR) is 42.2 cm³/mol. The molecule has 4 heteroatoms. The van der Waals surface area contributed by atoms with Crippen LogP contribution in [0.3, 0.4) is 0 Å². The molecule has 2 aliphatic rings. The average molecular weight is 171 g/mol. The van der Waals surface area contributed by atoms with E-state index in [4.69, 9.17) is 4.74 Å². The molecule has 1 heterocycles. The summed E-state index contributed by atoms with van der Waals surface area (Å²) >= 11 is 0. The topological polar surface area (TPSA) is 55.7 Å². The first kappa shape index (κ1) is 7.98. The van der Waals surface area contributed by atoms with Crippen molar-refractivity contribution in [1.82, 2.24) is 0 Å². The van der Waals surface area contributed by atoms with Gasteiger partial charge < -0.3 is 4.74 Å². The van der Waals surface area contributed by atoms with E-state index in [1.165, 1.54) is 19.3 Å². The largest absolute Gasteiger partial charge is 0.342 e. The summed E-state index contributed by atoms with van der Waals surface area (Å²) < 4.78 is 5.02. The number of nitrogens with zero attached hydrogens (tertiary/aromatic N) is 1. The Morgan fingerprint density at radius 3 is 2.42 bits per heavy atom. The molecule has 1 aliphatic heterocycles. The molecule has 4 nitrogen and oxygen atoms in total. The first-order valence-electron chi connectivity index (χ1n) is 4.58. The van der Waals surface area contributed by atoms with Crippen LogP contribution in [-0.4, -0.2) is 17.3 Å². The van der Waals surface area contributed by atoms with E-state index >= 15 is 0 Å². The van der Waals surface area contributed by atoms with Crippen LogP contribution in [0, 0.1) is 16.0 Å². The van der Waals surface area contributed by atoms with Crippen molar-refractivity contribution in [1.29, 1.82) is 0 Å². The number of hydrogen-bond acceptors (Lipinski definition) is 3. The Kier molecular flexibility index (Phi) is 2.00. The molecule has 0 N–H and O–H groups in total. The standard InChI is InChI=1S/C8H13NO3/c10-9(11)8-7(12-8)6-4-2-1-3-5-6/h6-8H,1-5H2/t7-,8+/m1/s1. The monoisotopic (exact) mass is 171 g/mol. The fourth-order valence-corrected chi connectivity index (χ4v) is 2.09. The first-order valence-corrected chi connectivity index (χ1v) is 4.58. The maximum atomic E-state index is 10.3. The molecule has 2 atom stereocenters. The Bertz CT molecular complexity index is 189. The molecule has 2 rings (SSSR count). The fraction of sp³-hybridized carbons (Fsp3) is 1.00. The van der Waals surface area contributed by atoms with Crippen molar-refractivity contribution in [3.8, 4) is 0 Å². The fourth-order valence-electron chi connectivity index (χ4n) is 2.09. The lowest BCUT2D eigenvalue weighted by atomic mass is 9.87. The SMILES string of the molecule is O=[N+]([O-])[C@H]1O[C@@H]1C1CCCCC1. The Morgan fingerprint density at radius 2 is 1.92 bits per heavy atom. The maximum absolute atomic E-state index is 10.3. The molecule has 0 unspecified atom stereocenters. The first-order chi connectivity index (χ1) is 5.79. The van der Waals surface area contributed by atoms with Crippen molar-refractivity contribution in [2.45, 2.75) is 44.4 Å². The number of ether oxygens (including phenoxy) is 1. The highest BCUT2D eigenvalue weighted by Crippen LogP contribution is 2.38. The zero-order chi connectivity index (χ0) is 8.55. The second-order valence-electron chi connectivity index (χ2n) is 3.67. The second-order valence-corrected chi connectivity index (χ2v) is 3.67. The van der Waals surface area contributed by atoms with Gasteiger partial charge in [0.2, 0.25) is 0 Å². The molecule has 0 aromatic heterocycles. The molecule has 12 heavy (non-hydrogen) atoms. The van der Waals surface area contributed by atoms with Gasteiger partial charge in [0.25, 0.3) is 0 Å². The zero-order valence-corrected chi connectivity index (χ0v) is 6.94. The highest BCUT2D eigenvalue weighted by Gasteiger charge is 2.54. The molecule has 0 amide bonds. The van der Waals surface area contributed by atoms with E-state index in [0.29, 0.717) is 5.92 Å². The third kappa shape index (κ3) is 1.43. The van der Waals surface area contributed by atoms with Crippen LogP contribution in [0.4, 0.5) is 0 Å². The van der Waals surface area contributed by atoms with Crippen LogP contribution in [0.15, 0.2) is 0 Å². The normalized spacial score (nSPS) is 36.3. The Balaban J connectivity index is 1.83. The predicted octanol–water partition coefficient (Wildman–Crippen LogP) is 1.57. The molecule has 1 saturated heterocycles. The van der Waals surface area contributed by atoms with Gasteiger partial charge in [-0.2, -0.15) is 0 Å². The van der Waals surface area contributed by atoms with Crippen molar-refractivity contribution < 1.29 is 9.66 Å². The van der Waals surface area contributed by atoms with Gasteiger partial charge >= 0.3 is 6.23 Å². The van der Waals surface area contributed by atoms with Crippen LogP contribution in [0.2, 0.25) is 0 Å². The lowest BCUT2D eigenvalue weighted by Gasteiger charge is -2.18. The summed E-state index contributed by atoms with van der Waals surface area (Å²) in [7, 11) is 0. The van der Waals surface area contributed by atoms with Crippen molar-refractivity contribution >= 4 is 0 Å². The van der Waals surface area contributed by atoms with Crippen molar-refractivity contribution in [3.63, 3.8) is 0 Å². The summed E-state index contributed by atoms with van der Waals surface area (Å²) in [6.45, 7) is 0. The molecular formula is C8H13NO3. The highest BCUT2D eigenvalue weighted by molar-refractivity contribution is 4.85. The molecule has 2 fully saturated rings. The number of hydrogen-bond donors (Lipinski definition) is 0. The quantitative estimate of drug-likeness (QED) is 0.360. The van der Waals surface area contributed by atoms with Gasteiger partial charge in [0, 0.05) is 0 Å². The van der Waals surface area contributed by atoms with Crippen LogP contribution >= 0.6 is 0 Å².